The van der Waals surface area contributed by atoms with Crippen molar-refractivity contribution in [3.05, 3.63) is 78.3 Å². The molecule has 0 aliphatic carbocycles. The zero-order valence-corrected chi connectivity index (χ0v) is 17.4. The number of rotatable bonds is 3. The maximum atomic E-state index is 5.52. The van der Waals surface area contributed by atoms with Crippen molar-refractivity contribution < 1.29 is 4.52 Å². The van der Waals surface area contributed by atoms with Crippen molar-refractivity contribution in [2.45, 2.75) is 13.8 Å². The van der Waals surface area contributed by atoms with E-state index in [1.165, 1.54) is 0 Å². The van der Waals surface area contributed by atoms with Gasteiger partial charge < -0.3 is 4.52 Å². The van der Waals surface area contributed by atoms with E-state index in [0.717, 1.165) is 38.9 Å². The molecule has 6 rings (SSSR count). The zero-order valence-electron chi connectivity index (χ0n) is 17.4. The minimum Gasteiger partial charge on any atom is -0.360 e. The second-order valence-corrected chi connectivity index (χ2v) is 7.59. The van der Waals surface area contributed by atoms with Gasteiger partial charge in [0.1, 0.15) is 11.5 Å². The molecule has 6 aromatic rings. The number of hydrogen-bond donors (Lipinski definition) is 0. The van der Waals surface area contributed by atoms with E-state index in [1.807, 2.05) is 80.7 Å². The van der Waals surface area contributed by atoms with Crippen LogP contribution in [0.15, 0.2) is 71.4 Å². The number of nitrogens with zero attached hydrogens (tertiary/aromatic N) is 7. The van der Waals surface area contributed by atoms with Crippen LogP contribution in [0.1, 0.15) is 11.5 Å². The highest BCUT2D eigenvalue weighted by atomic mass is 16.5. The molecule has 0 amide bonds. The second kappa shape index (κ2) is 7.05. The highest BCUT2D eigenvalue weighted by molar-refractivity contribution is 5.96. The van der Waals surface area contributed by atoms with Crippen LogP contribution in [0.25, 0.3) is 50.3 Å². The van der Waals surface area contributed by atoms with Crippen LogP contribution < -0.4 is 0 Å². The molecular formula is C24H17N7O. The Morgan fingerprint density at radius 3 is 2.50 bits per heavy atom. The predicted molar refractivity (Wildman–Crippen MR) is 120 cm³/mol. The molecule has 0 bridgehead atoms. The Kier molecular flexibility index (Phi) is 4.04. The smallest absolute Gasteiger partial charge is 0.191 e. The number of aryl methyl sites for hydroxylation is 2. The third kappa shape index (κ3) is 2.84. The number of benzene rings is 2. The molecule has 8 nitrogen and oxygen atoms in total. The van der Waals surface area contributed by atoms with Gasteiger partial charge in [0.15, 0.2) is 11.5 Å². The lowest BCUT2D eigenvalue weighted by atomic mass is 10.1. The summed E-state index contributed by atoms with van der Waals surface area (Å²) in [6.45, 7) is 3.78. The van der Waals surface area contributed by atoms with Crippen LogP contribution in [-0.4, -0.2) is 35.2 Å². The van der Waals surface area contributed by atoms with E-state index in [0.29, 0.717) is 22.9 Å². The zero-order chi connectivity index (χ0) is 21.7. The lowest BCUT2D eigenvalue weighted by molar-refractivity contribution is 0.400. The van der Waals surface area contributed by atoms with E-state index in [-0.39, 0.29) is 0 Å². The summed E-state index contributed by atoms with van der Waals surface area (Å²) in [4.78, 5) is 0. The summed E-state index contributed by atoms with van der Waals surface area (Å²) in [6.07, 6.45) is 1.81. The van der Waals surface area contributed by atoms with E-state index in [9.17, 15) is 0 Å². The molecule has 0 N–H and O–H groups in total. The van der Waals surface area contributed by atoms with Crippen LogP contribution in [0.4, 0.5) is 0 Å². The molecule has 2 aromatic carbocycles. The second-order valence-electron chi connectivity index (χ2n) is 7.59. The van der Waals surface area contributed by atoms with Crippen LogP contribution in [0.3, 0.4) is 0 Å². The Balaban J connectivity index is 1.55. The highest BCUT2D eigenvalue weighted by Crippen LogP contribution is 2.34. The van der Waals surface area contributed by atoms with Gasteiger partial charge in [0.2, 0.25) is 0 Å². The quantitative estimate of drug-likeness (QED) is 0.411. The summed E-state index contributed by atoms with van der Waals surface area (Å²) in [6, 6.07) is 19.8. The number of hydrogen-bond acceptors (Lipinski definition) is 7. The first-order chi connectivity index (χ1) is 15.7. The lowest BCUT2D eigenvalue weighted by Gasteiger charge is -2.05. The molecule has 4 heterocycles. The van der Waals surface area contributed by atoms with Crippen LogP contribution in [0.2, 0.25) is 0 Å². The maximum absolute atomic E-state index is 5.52. The Morgan fingerprint density at radius 1 is 0.812 bits per heavy atom. The van der Waals surface area contributed by atoms with E-state index in [1.54, 1.807) is 4.52 Å². The minimum atomic E-state index is 0.583. The van der Waals surface area contributed by atoms with E-state index >= 15 is 0 Å². The number of aromatic nitrogens is 7. The summed E-state index contributed by atoms with van der Waals surface area (Å²) >= 11 is 0. The molecule has 4 aromatic heterocycles. The van der Waals surface area contributed by atoms with Crippen molar-refractivity contribution >= 4 is 16.4 Å². The molecule has 0 saturated carbocycles. The Hall–Kier alpha value is -4.46. The summed E-state index contributed by atoms with van der Waals surface area (Å²) in [5.74, 6) is 1.24. The Bertz CT molecular complexity index is 1580. The van der Waals surface area contributed by atoms with Gasteiger partial charge in [-0.25, -0.2) is 0 Å². The van der Waals surface area contributed by atoms with Gasteiger partial charge >= 0.3 is 0 Å². The fraction of sp³-hybridized carbons (Fsp3) is 0.0833. The molecule has 8 heteroatoms. The Morgan fingerprint density at radius 2 is 1.69 bits per heavy atom. The van der Waals surface area contributed by atoms with Crippen molar-refractivity contribution in [3.63, 3.8) is 0 Å². The molecule has 0 aliphatic heterocycles. The van der Waals surface area contributed by atoms with Gasteiger partial charge in [-0.15, -0.1) is 10.2 Å². The topological polar surface area (TPSA) is 94.9 Å². The van der Waals surface area contributed by atoms with Crippen molar-refractivity contribution in [1.29, 1.82) is 0 Å². The third-order valence-electron chi connectivity index (χ3n) is 5.47. The molecule has 0 unspecified atom stereocenters. The summed E-state index contributed by atoms with van der Waals surface area (Å²) in [5, 5.41) is 28.2. The first-order valence-electron chi connectivity index (χ1n) is 10.2. The average molecular weight is 419 g/mol. The molecule has 0 atom stereocenters. The molecule has 0 saturated heterocycles. The average Bonchev–Trinajstić information content (AvgIpc) is 3.43. The van der Waals surface area contributed by atoms with Gasteiger partial charge in [-0.05, 0) is 32.0 Å². The van der Waals surface area contributed by atoms with Gasteiger partial charge in [-0.2, -0.15) is 19.8 Å². The molecule has 0 spiro atoms. The summed E-state index contributed by atoms with van der Waals surface area (Å²) in [5.41, 5.74) is 5.71. The predicted octanol–water partition coefficient (Wildman–Crippen LogP) is 4.67. The molecule has 0 fully saturated rings. The van der Waals surface area contributed by atoms with E-state index < -0.39 is 0 Å². The summed E-state index contributed by atoms with van der Waals surface area (Å²) < 4.78 is 7.26. The van der Waals surface area contributed by atoms with Crippen LogP contribution >= 0.6 is 0 Å². The van der Waals surface area contributed by atoms with Crippen molar-refractivity contribution in [2.75, 3.05) is 0 Å². The SMILES string of the molecule is Cc1ccc(-c2ccc3cnn4c(-c5c(-c6ccccc6)noc5C)nnc4c3c2)nn1. The Labute approximate surface area is 182 Å². The molecule has 154 valence electrons. The van der Waals surface area contributed by atoms with Crippen LogP contribution in [0.5, 0.6) is 0 Å². The fourth-order valence-corrected chi connectivity index (χ4v) is 3.84. The molecule has 0 aliphatic rings. The van der Waals surface area contributed by atoms with Gasteiger partial charge in [0.25, 0.3) is 0 Å². The van der Waals surface area contributed by atoms with Crippen molar-refractivity contribution in [2.24, 2.45) is 0 Å². The third-order valence-corrected chi connectivity index (χ3v) is 5.47. The normalized spacial score (nSPS) is 11.4. The van der Waals surface area contributed by atoms with Gasteiger partial charge in [-0.3, -0.25) is 0 Å². The monoisotopic (exact) mass is 419 g/mol. The largest absolute Gasteiger partial charge is 0.360 e. The molecule has 32 heavy (non-hydrogen) atoms. The van der Waals surface area contributed by atoms with Crippen molar-refractivity contribution in [1.82, 2.24) is 35.2 Å². The lowest BCUT2D eigenvalue weighted by Crippen LogP contribution is -1.97. The highest BCUT2D eigenvalue weighted by Gasteiger charge is 2.22. The fourth-order valence-electron chi connectivity index (χ4n) is 3.84. The minimum absolute atomic E-state index is 0.583. The first-order valence-corrected chi connectivity index (χ1v) is 10.2. The summed E-state index contributed by atoms with van der Waals surface area (Å²) in [7, 11) is 0. The maximum Gasteiger partial charge on any atom is 0.191 e. The van der Waals surface area contributed by atoms with Gasteiger partial charge in [-0.1, -0.05) is 47.6 Å². The van der Waals surface area contributed by atoms with Crippen LogP contribution in [-0.2, 0) is 0 Å². The number of fused-ring (bicyclic) bond motifs is 3. The van der Waals surface area contributed by atoms with Crippen molar-refractivity contribution in [3.8, 4) is 33.9 Å². The van der Waals surface area contributed by atoms with Crippen LogP contribution in [0, 0.1) is 13.8 Å². The molecular weight excluding hydrogens is 402 g/mol. The van der Waals surface area contributed by atoms with E-state index in [2.05, 4.69) is 30.7 Å². The van der Waals surface area contributed by atoms with Gasteiger partial charge in [0.05, 0.1) is 23.1 Å². The standard InChI is InChI=1S/C24H17N7O/c1-14-8-11-20(27-26-14)17-9-10-18-13-25-31-23(19(18)12-17)28-29-24(31)21-15(2)32-30-22(21)16-6-4-3-5-7-16/h3-13H,1-2H3. The first kappa shape index (κ1) is 18.3. The van der Waals surface area contributed by atoms with Gasteiger partial charge in [0, 0.05) is 21.9 Å². The molecule has 0 radical (unpaired) electrons. The van der Waals surface area contributed by atoms with E-state index in [4.69, 9.17) is 4.52 Å².